The van der Waals surface area contributed by atoms with Gasteiger partial charge in [0, 0.05) is 9.45 Å². The second-order valence-electron chi connectivity index (χ2n) is 3.91. The molecule has 0 fully saturated rings. The fourth-order valence-corrected chi connectivity index (χ4v) is 2.37. The van der Waals surface area contributed by atoms with Gasteiger partial charge in [-0.25, -0.2) is 9.59 Å². The molecule has 1 N–H and O–H groups in total. The number of hydrogen-bond acceptors (Lipinski definition) is 3. The zero-order valence-corrected chi connectivity index (χ0v) is 13.6. The van der Waals surface area contributed by atoms with E-state index in [9.17, 15) is 9.59 Å². The third kappa shape index (κ3) is 4.11. The number of aromatic carboxylic acids is 1. The van der Waals surface area contributed by atoms with Gasteiger partial charge in [0.1, 0.15) is 0 Å². The number of methoxy groups -OCH3 is 1. The number of carbonyl (C=O) groups is 2. The van der Waals surface area contributed by atoms with Crippen molar-refractivity contribution in [3.05, 3.63) is 39.5 Å². The number of carboxylic acid groups (broad SMARTS) is 1. The molecular weight excluding hydrogens is 397 g/mol. The molecule has 0 bridgehead atoms. The minimum absolute atomic E-state index is 0.152. The highest BCUT2D eigenvalue weighted by molar-refractivity contribution is 14.1. The number of alkyl halides is 1. The van der Waals surface area contributed by atoms with Gasteiger partial charge in [0.25, 0.3) is 0 Å². The first-order chi connectivity index (χ1) is 9.40. The molecule has 1 aromatic rings. The van der Waals surface area contributed by atoms with Gasteiger partial charge in [-0.1, -0.05) is 6.58 Å². The van der Waals surface area contributed by atoms with Gasteiger partial charge in [0.2, 0.25) is 0 Å². The van der Waals surface area contributed by atoms with Crippen molar-refractivity contribution in [2.45, 2.75) is 0 Å². The van der Waals surface area contributed by atoms with Crippen LogP contribution in [-0.2, 0) is 4.74 Å². The van der Waals surface area contributed by atoms with Crippen molar-refractivity contribution in [1.82, 2.24) is 0 Å². The van der Waals surface area contributed by atoms with Crippen LogP contribution in [-0.4, -0.2) is 36.7 Å². The van der Waals surface area contributed by atoms with Gasteiger partial charge in [-0.15, -0.1) is 11.6 Å². The van der Waals surface area contributed by atoms with Crippen LogP contribution in [0.3, 0.4) is 0 Å². The molecule has 0 radical (unpaired) electrons. The first-order valence-corrected chi connectivity index (χ1v) is 7.13. The SMILES string of the molecule is C=C(CCl)CN(C(=O)OC)c1ccc(C(=O)O)cc1I. The molecule has 5 nitrogen and oxygen atoms in total. The Kier molecular flexibility index (Phi) is 6.28. The van der Waals surface area contributed by atoms with Gasteiger partial charge in [-0.3, -0.25) is 4.90 Å². The highest BCUT2D eigenvalue weighted by Crippen LogP contribution is 2.25. The van der Waals surface area contributed by atoms with Gasteiger partial charge in [-0.05, 0) is 46.4 Å². The molecule has 0 aliphatic rings. The van der Waals surface area contributed by atoms with Gasteiger partial charge in [0.15, 0.2) is 0 Å². The third-order valence-electron chi connectivity index (χ3n) is 2.45. The quantitative estimate of drug-likeness (QED) is 0.460. The number of ether oxygens (including phenoxy) is 1. The van der Waals surface area contributed by atoms with E-state index in [4.69, 9.17) is 21.4 Å². The van der Waals surface area contributed by atoms with Crippen LogP contribution in [0, 0.1) is 3.57 Å². The fraction of sp³-hybridized carbons (Fsp3) is 0.231. The highest BCUT2D eigenvalue weighted by Gasteiger charge is 2.20. The predicted octanol–water partition coefficient (Wildman–Crippen LogP) is 3.36. The summed E-state index contributed by atoms with van der Waals surface area (Å²) in [5.74, 6) is -0.804. The van der Waals surface area contributed by atoms with Crippen LogP contribution < -0.4 is 4.90 Å². The summed E-state index contributed by atoms with van der Waals surface area (Å²) in [7, 11) is 1.28. The fourth-order valence-electron chi connectivity index (χ4n) is 1.48. The first kappa shape index (κ1) is 16.8. The zero-order chi connectivity index (χ0) is 15.3. The van der Waals surface area contributed by atoms with Gasteiger partial charge in [-0.2, -0.15) is 0 Å². The van der Waals surface area contributed by atoms with Gasteiger partial charge < -0.3 is 9.84 Å². The van der Waals surface area contributed by atoms with Crippen molar-refractivity contribution < 1.29 is 19.4 Å². The number of halogens is 2. The topological polar surface area (TPSA) is 66.8 Å². The van der Waals surface area contributed by atoms with Crippen molar-refractivity contribution >= 4 is 51.9 Å². The number of rotatable bonds is 5. The van der Waals surface area contributed by atoms with Gasteiger partial charge >= 0.3 is 12.1 Å². The highest BCUT2D eigenvalue weighted by atomic mass is 127. The number of carbonyl (C=O) groups excluding carboxylic acids is 1. The molecule has 0 heterocycles. The first-order valence-electron chi connectivity index (χ1n) is 5.51. The molecule has 108 valence electrons. The number of nitrogens with zero attached hydrogens (tertiary/aromatic N) is 1. The molecule has 1 aromatic carbocycles. The maximum absolute atomic E-state index is 11.8. The van der Waals surface area contributed by atoms with Crippen molar-refractivity contribution in [3.8, 4) is 0 Å². The summed E-state index contributed by atoms with van der Waals surface area (Å²) in [6, 6.07) is 4.47. The number of carboxylic acids is 1. The molecule has 7 heteroatoms. The Morgan fingerprint density at radius 3 is 2.60 bits per heavy atom. The molecule has 0 atom stereocenters. The summed E-state index contributed by atoms with van der Waals surface area (Å²) < 4.78 is 5.35. The average molecular weight is 410 g/mol. The Balaban J connectivity index is 3.17. The van der Waals surface area contributed by atoms with E-state index in [-0.39, 0.29) is 18.0 Å². The smallest absolute Gasteiger partial charge is 0.414 e. The van der Waals surface area contributed by atoms with E-state index >= 15 is 0 Å². The van der Waals surface area contributed by atoms with Crippen LogP contribution in [0.2, 0.25) is 0 Å². The normalized spacial score (nSPS) is 9.95. The molecule has 0 aromatic heterocycles. The minimum atomic E-state index is -1.02. The molecule has 1 amide bonds. The number of anilines is 1. The van der Waals surface area contributed by atoms with E-state index < -0.39 is 12.1 Å². The van der Waals surface area contributed by atoms with E-state index in [0.29, 0.717) is 14.8 Å². The molecule has 1 rings (SSSR count). The zero-order valence-electron chi connectivity index (χ0n) is 10.7. The maximum Gasteiger partial charge on any atom is 0.414 e. The van der Waals surface area contributed by atoms with E-state index in [0.717, 1.165) is 0 Å². The van der Waals surface area contributed by atoms with Crippen LogP contribution in [0.15, 0.2) is 30.4 Å². The lowest BCUT2D eigenvalue weighted by Crippen LogP contribution is -2.33. The molecule has 0 saturated heterocycles. The summed E-state index contributed by atoms with van der Waals surface area (Å²) in [6.45, 7) is 3.96. The lowest BCUT2D eigenvalue weighted by molar-refractivity contribution is 0.0697. The second kappa shape index (κ2) is 7.49. The predicted molar refractivity (Wildman–Crippen MR) is 85.7 cm³/mol. The lowest BCUT2D eigenvalue weighted by atomic mass is 10.2. The van der Waals surface area contributed by atoms with Crippen LogP contribution in [0.5, 0.6) is 0 Å². The van der Waals surface area contributed by atoms with E-state index in [2.05, 4.69) is 6.58 Å². The Morgan fingerprint density at radius 2 is 2.15 bits per heavy atom. The van der Waals surface area contributed by atoms with Crippen molar-refractivity contribution in [2.24, 2.45) is 0 Å². The van der Waals surface area contributed by atoms with Crippen molar-refractivity contribution in [3.63, 3.8) is 0 Å². The van der Waals surface area contributed by atoms with Crippen molar-refractivity contribution in [1.29, 1.82) is 0 Å². The van der Waals surface area contributed by atoms with E-state index in [1.807, 2.05) is 22.6 Å². The Hall–Kier alpha value is -1.28. The van der Waals surface area contributed by atoms with Crippen LogP contribution >= 0.6 is 34.2 Å². The average Bonchev–Trinajstić information content (AvgIpc) is 2.43. The summed E-state index contributed by atoms with van der Waals surface area (Å²) in [4.78, 5) is 24.1. The molecule has 0 spiro atoms. The number of hydrogen-bond donors (Lipinski definition) is 1. The monoisotopic (exact) mass is 409 g/mol. The van der Waals surface area contributed by atoms with E-state index in [1.54, 1.807) is 6.07 Å². The molecule has 0 saturated carbocycles. The summed E-state index contributed by atoms with van der Waals surface area (Å²) in [6.07, 6.45) is -0.558. The second-order valence-corrected chi connectivity index (χ2v) is 5.34. The Labute approximate surface area is 135 Å². The maximum atomic E-state index is 11.8. The molecular formula is C13H13ClINO4. The number of amides is 1. The molecule has 0 aliphatic carbocycles. The summed E-state index contributed by atoms with van der Waals surface area (Å²) in [5, 5.41) is 8.94. The molecule has 0 aliphatic heterocycles. The standard InChI is InChI=1S/C13H13ClINO4/c1-8(6-14)7-16(13(19)20-2)11-4-3-9(12(17)18)5-10(11)15/h3-5H,1,6-7H2,2H3,(H,17,18). The Bertz CT molecular complexity index is 547. The van der Waals surface area contributed by atoms with Crippen LogP contribution in [0.4, 0.5) is 10.5 Å². The Morgan fingerprint density at radius 1 is 1.50 bits per heavy atom. The third-order valence-corrected chi connectivity index (χ3v) is 3.69. The van der Waals surface area contributed by atoms with Crippen molar-refractivity contribution in [2.75, 3.05) is 24.4 Å². The van der Waals surface area contributed by atoms with E-state index in [1.165, 1.54) is 24.1 Å². The minimum Gasteiger partial charge on any atom is -0.478 e. The van der Waals surface area contributed by atoms with Gasteiger partial charge in [0.05, 0.1) is 24.9 Å². The van der Waals surface area contributed by atoms with Crippen LogP contribution in [0.25, 0.3) is 0 Å². The van der Waals surface area contributed by atoms with Crippen LogP contribution in [0.1, 0.15) is 10.4 Å². The molecule has 0 unspecified atom stereocenters. The largest absolute Gasteiger partial charge is 0.478 e. The summed E-state index contributed by atoms with van der Waals surface area (Å²) in [5.41, 5.74) is 1.35. The summed E-state index contributed by atoms with van der Waals surface area (Å²) >= 11 is 7.65. The number of benzene rings is 1. The lowest BCUT2D eigenvalue weighted by Gasteiger charge is -2.23. The molecule has 20 heavy (non-hydrogen) atoms.